The number of carbonyl (C=O) groups excluding carboxylic acids is 1. The fourth-order valence-electron chi connectivity index (χ4n) is 2.93. The van der Waals surface area contributed by atoms with Crippen molar-refractivity contribution in [2.24, 2.45) is 0 Å². The molecule has 2 heterocycles. The van der Waals surface area contributed by atoms with Crippen LogP contribution in [-0.2, 0) is 4.74 Å². The molecule has 1 aromatic rings. The first kappa shape index (κ1) is 16.0. The Labute approximate surface area is 126 Å². The Morgan fingerprint density at radius 3 is 2.86 bits per heavy atom. The minimum Gasteiger partial charge on any atom is -0.459 e. The zero-order valence-electron chi connectivity index (χ0n) is 13.6. The van der Waals surface area contributed by atoms with E-state index in [-0.39, 0.29) is 17.9 Å². The van der Waals surface area contributed by atoms with Crippen molar-refractivity contribution in [3.8, 4) is 0 Å². The highest BCUT2D eigenvalue weighted by Gasteiger charge is 2.32. The van der Waals surface area contributed by atoms with Gasteiger partial charge in [-0.15, -0.1) is 0 Å². The third-order valence-electron chi connectivity index (χ3n) is 4.33. The molecule has 0 radical (unpaired) electrons. The van der Waals surface area contributed by atoms with Crippen molar-refractivity contribution in [1.29, 1.82) is 0 Å². The summed E-state index contributed by atoms with van der Waals surface area (Å²) in [6, 6.07) is 2.22. The summed E-state index contributed by atoms with van der Waals surface area (Å²) in [7, 11) is 5.66. The average Bonchev–Trinajstić information content (AvgIpc) is 3.05. The van der Waals surface area contributed by atoms with Crippen LogP contribution in [0.5, 0.6) is 0 Å². The maximum Gasteiger partial charge on any atom is 0.289 e. The zero-order valence-corrected chi connectivity index (χ0v) is 13.6. The maximum atomic E-state index is 12.6. The Morgan fingerprint density at radius 2 is 2.29 bits per heavy atom. The van der Waals surface area contributed by atoms with Gasteiger partial charge >= 0.3 is 0 Å². The number of nitrogens with zero attached hydrogens (tertiary/aromatic N) is 2. The van der Waals surface area contributed by atoms with Crippen LogP contribution in [0, 0.1) is 0 Å². The smallest absolute Gasteiger partial charge is 0.289 e. The molecule has 0 saturated carbocycles. The third-order valence-corrected chi connectivity index (χ3v) is 4.33. The number of amides is 1. The van der Waals surface area contributed by atoms with Gasteiger partial charge in [0.05, 0.1) is 12.4 Å². The van der Waals surface area contributed by atoms with E-state index >= 15 is 0 Å². The zero-order chi connectivity index (χ0) is 15.6. The van der Waals surface area contributed by atoms with Crippen molar-refractivity contribution in [3.05, 3.63) is 23.7 Å². The molecular weight excluding hydrogens is 268 g/mol. The summed E-state index contributed by atoms with van der Waals surface area (Å²) >= 11 is 0. The Bertz CT molecular complexity index is 484. The Kier molecular flexibility index (Phi) is 5.06. The summed E-state index contributed by atoms with van der Waals surface area (Å²) in [5, 5.41) is 0. The lowest BCUT2D eigenvalue weighted by Gasteiger charge is -2.25. The molecule has 1 aliphatic rings. The molecule has 5 nitrogen and oxygen atoms in total. The number of likely N-dealkylation sites (tertiary alicyclic amines) is 1. The molecule has 1 amide bonds. The van der Waals surface area contributed by atoms with Crippen LogP contribution in [0.25, 0.3) is 0 Å². The van der Waals surface area contributed by atoms with Crippen molar-refractivity contribution in [2.45, 2.75) is 38.3 Å². The lowest BCUT2D eigenvalue weighted by atomic mass is 10.0. The Morgan fingerprint density at radius 1 is 1.57 bits per heavy atom. The van der Waals surface area contributed by atoms with Crippen molar-refractivity contribution in [2.75, 3.05) is 34.3 Å². The number of furan rings is 1. The first-order valence-electron chi connectivity index (χ1n) is 7.49. The van der Waals surface area contributed by atoms with E-state index in [0.29, 0.717) is 18.3 Å². The third kappa shape index (κ3) is 3.47. The van der Waals surface area contributed by atoms with Crippen molar-refractivity contribution < 1.29 is 13.9 Å². The lowest BCUT2D eigenvalue weighted by molar-refractivity contribution is 0.0727. The highest BCUT2D eigenvalue weighted by atomic mass is 16.5. The molecule has 0 aromatic carbocycles. The van der Waals surface area contributed by atoms with Crippen LogP contribution in [0.4, 0.5) is 0 Å². The van der Waals surface area contributed by atoms with Gasteiger partial charge < -0.3 is 14.1 Å². The summed E-state index contributed by atoms with van der Waals surface area (Å²) in [4.78, 5) is 16.6. The number of likely N-dealkylation sites (N-methyl/N-ethyl adjacent to an activating group) is 2. The van der Waals surface area contributed by atoms with Crippen LogP contribution in [-0.4, -0.2) is 62.1 Å². The topological polar surface area (TPSA) is 45.9 Å². The van der Waals surface area contributed by atoms with Crippen molar-refractivity contribution in [1.82, 2.24) is 9.80 Å². The van der Waals surface area contributed by atoms with E-state index in [1.165, 1.54) is 0 Å². The SMILES string of the molecule is CO[C@H]1C[C@@H](CN(C)C(=O)c2occc2C(C)C)N(C)C1. The summed E-state index contributed by atoms with van der Waals surface area (Å²) in [6.07, 6.45) is 2.82. The fourth-order valence-corrected chi connectivity index (χ4v) is 2.93. The average molecular weight is 294 g/mol. The van der Waals surface area contributed by atoms with Gasteiger partial charge in [-0.05, 0) is 25.5 Å². The highest BCUT2D eigenvalue weighted by molar-refractivity contribution is 5.93. The van der Waals surface area contributed by atoms with Gasteiger partial charge in [-0.1, -0.05) is 13.8 Å². The van der Waals surface area contributed by atoms with Gasteiger partial charge in [0, 0.05) is 38.9 Å². The summed E-state index contributed by atoms with van der Waals surface area (Å²) in [5.74, 6) is 0.706. The second-order valence-corrected chi connectivity index (χ2v) is 6.23. The van der Waals surface area contributed by atoms with Gasteiger partial charge in [0.15, 0.2) is 5.76 Å². The van der Waals surface area contributed by atoms with Crippen LogP contribution in [0.3, 0.4) is 0 Å². The second kappa shape index (κ2) is 6.62. The molecule has 0 N–H and O–H groups in total. The molecule has 1 aliphatic heterocycles. The van der Waals surface area contributed by atoms with Crippen LogP contribution in [0.2, 0.25) is 0 Å². The van der Waals surface area contributed by atoms with E-state index in [4.69, 9.17) is 9.15 Å². The van der Waals surface area contributed by atoms with Gasteiger partial charge in [0.25, 0.3) is 5.91 Å². The monoisotopic (exact) mass is 294 g/mol. The molecule has 5 heteroatoms. The van der Waals surface area contributed by atoms with Crippen LogP contribution >= 0.6 is 0 Å². The Balaban J connectivity index is 2.01. The van der Waals surface area contributed by atoms with Crippen molar-refractivity contribution >= 4 is 5.91 Å². The van der Waals surface area contributed by atoms with Crippen LogP contribution in [0.15, 0.2) is 16.7 Å². The van der Waals surface area contributed by atoms with E-state index in [1.54, 1.807) is 18.3 Å². The molecule has 0 aliphatic carbocycles. The van der Waals surface area contributed by atoms with E-state index in [0.717, 1.165) is 18.5 Å². The predicted molar refractivity (Wildman–Crippen MR) is 81.6 cm³/mol. The fraction of sp³-hybridized carbons (Fsp3) is 0.688. The number of hydrogen-bond donors (Lipinski definition) is 0. The van der Waals surface area contributed by atoms with Gasteiger partial charge in [-0.25, -0.2) is 0 Å². The first-order chi connectivity index (χ1) is 9.93. The van der Waals surface area contributed by atoms with Gasteiger partial charge in [-0.3, -0.25) is 9.69 Å². The van der Waals surface area contributed by atoms with Crippen LogP contribution < -0.4 is 0 Å². The summed E-state index contributed by atoms with van der Waals surface area (Å²) < 4.78 is 10.8. The van der Waals surface area contributed by atoms with Crippen molar-refractivity contribution in [3.63, 3.8) is 0 Å². The summed E-state index contributed by atoms with van der Waals surface area (Å²) in [5.41, 5.74) is 0.974. The number of ether oxygens (including phenoxy) is 1. The van der Waals surface area contributed by atoms with Gasteiger partial charge in [0.1, 0.15) is 0 Å². The van der Waals surface area contributed by atoms with Gasteiger partial charge in [-0.2, -0.15) is 0 Å². The highest BCUT2D eigenvalue weighted by Crippen LogP contribution is 2.23. The lowest BCUT2D eigenvalue weighted by Crippen LogP contribution is -2.39. The number of methoxy groups -OCH3 is 1. The molecular formula is C16H26N2O3. The van der Waals surface area contributed by atoms with E-state index in [1.807, 2.05) is 13.1 Å². The molecule has 1 saturated heterocycles. The van der Waals surface area contributed by atoms with E-state index in [2.05, 4.69) is 25.8 Å². The normalized spacial score (nSPS) is 23.0. The minimum absolute atomic E-state index is 0.0435. The van der Waals surface area contributed by atoms with E-state index in [9.17, 15) is 4.79 Å². The molecule has 0 unspecified atom stereocenters. The molecule has 0 spiro atoms. The van der Waals surface area contributed by atoms with Gasteiger partial charge in [0.2, 0.25) is 0 Å². The molecule has 0 bridgehead atoms. The maximum absolute atomic E-state index is 12.6. The first-order valence-corrected chi connectivity index (χ1v) is 7.49. The van der Waals surface area contributed by atoms with Crippen LogP contribution in [0.1, 0.15) is 42.3 Å². The quantitative estimate of drug-likeness (QED) is 0.835. The predicted octanol–water partition coefficient (Wildman–Crippen LogP) is 2.19. The molecule has 21 heavy (non-hydrogen) atoms. The molecule has 1 fully saturated rings. The molecule has 2 atom stereocenters. The second-order valence-electron chi connectivity index (χ2n) is 6.23. The minimum atomic E-state index is -0.0435. The van der Waals surface area contributed by atoms with E-state index < -0.39 is 0 Å². The molecule has 118 valence electrons. The molecule has 1 aromatic heterocycles. The number of carbonyl (C=O) groups is 1. The summed E-state index contributed by atoms with van der Waals surface area (Å²) in [6.45, 7) is 5.74. The number of rotatable bonds is 5. The molecule has 2 rings (SSSR count). The largest absolute Gasteiger partial charge is 0.459 e. The Hall–Kier alpha value is -1.33. The number of hydrogen-bond acceptors (Lipinski definition) is 4. The standard InChI is InChI=1S/C16H26N2O3/c1-11(2)14-6-7-21-15(14)16(19)18(4)9-12-8-13(20-5)10-17(12)3/h6-7,11-13H,8-10H2,1-5H3/t12-,13-/m0/s1.